The first kappa shape index (κ1) is 13.4. The molecule has 3 N–H and O–H groups in total. The molecule has 8 heteroatoms. The van der Waals surface area contributed by atoms with E-state index >= 15 is 0 Å². The Kier molecular flexibility index (Phi) is 3.48. The van der Waals surface area contributed by atoms with Crippen LogP contribution in [0.3, 0.4) is 0 Å². The molecule has 1 aromatic carbocycles. The van der Waals surface area contributed by atoms with Crippen LogP contribution >= 0.6 is 11.6 Å². The van der Waals surface area contributed by atoms with Crippen molar-refractivity contribution in [2.75, 3.05) is 11.1 Å². The fourth-order valence-electron chi connectivity index (χ4n) is 1.38. The number of nitrogens with one attached hydrogen (secondary N) is 1. The molecule has 0 saturated carbocycles. The van der Waals surface area contributed by atoms with Gasteiger partial charge in [-0.05, 0) is 24.3 Å². The second-order valence-electron chi connectivity index (χ2n) is 3.62. The summed E-state index contributed by atoms with van der Waals surface area (Å²) in [6.07, 6.45) is -3.06. The van der Waals surface area contributed by atoms with E-state index in [1.165, 1.54) is 12.3 Å². The van der Waals surface area contributed by atoms with Gasteiger partial charge in [0.15, 0.2) is 0 Å². The van der Waals surface area contributed by atoms with Crippen LogP contribution in [0, 0.1) is 0 Å². The van der Waals surface area contributed by atoms with Gasteiger partial charge < -0.3 is 11.1 Å². The summed E-state index contributed by atoms with van der Waals surface area (Å²) < 4.78 is 37.8. The number of aromatic nitrogens is 2. The van der Waals surface area contributed by atoms with Crippen LogP contribution in [-0.4, -0.2) is 9.97 Å². The standard InChI is InChI=1S/C11H8ClF3N4/c12-7-2-1-6(11(13,14)15)5-8(7)18-9-3-4-17-10(16)19-9/h1-5H,(H3,16,17,18,19). The average Bonchev–Trinajstić information content (AvgIpc) is 2.30. The fourth-order valence-corrected chi connectivity index (χ4v) is 1.54. The molecular weight excluding hydrogens is 281 g/mol. The first-order valence-electron chi connectivity index (χ1n) is 5.08. The number of rotatable bonds is 2. The third-order valence-corrected chi connectivity index (χ3v) is 2.56. The summed E-state index contributed by atoms with van der Waals surface area (Å²) in [4.78, 5) is 7.49. The Morgan fingerprint density at radius 3 is 2.58 bits per heavy atom. The molecule has 2 aromatic rings. The molecule has 100 valence electrons. The van der Waals surface area contributed by atoms with Gasteiger partial charge in [0.05, 0.1) is 16.3 Å². The summed E-state index contributed by atoms with van der Waals surface area (Å²) in [5.41, 5.74) is 4.66. The maximum Gasteiger partial charge on any atom is 0.416 e. The third kappa shape index (κ3) is 3.25. The monoisotopic (exact) mass is 288 g/mol. The molecular formula is C11H8ClF3N4. The predicted octanol–water partition coefficient (Wildman–Crippen LogP) is 3.47. The highest BCUT2D eigenvalue weighted by Crippen LogP contribution is 2.34. The molecule has 0 saturated heterocycles. The maximum absolute atomic E-state index is 12.6. The molecule has 0 fully saturated rings. The summed E-state index contributed by atoms with van der Waals surface area (Å²) >= 11 is 5.83. The van der Waals surface area contributed by atoms with E-state index in [9.17, 15) is 13.2 Å². The molecule has 0 unspecified atom stereocenters. The number of nitrogen functional groups attached to an aromatic ring is 1. The van der Waals surface area contributed by atoms with Crippen molar-refractivity contribution in [3.05, 3.63) is 41.0 Å². The van der Waals surface area contributed by atoms with Crippen LogP contribution < -0.4 is 11.1 Å². The molecule has 19 heavy (non-hydrogen) atoms. The van der Waals surface area contributed by atoms with E-state index in [0.717, 1.165) is 18.2 Å². The summed E-state index contributed by atoms with van der Waals surface area (Å²) in [7, 11) is 0. The quantitative estimate of drug-likeness (QED) is 0.888. The summed E-state index contributed by atoms with van der Waals surface area (Å²) in [6, 6.07) is 4.44. The number of hydrogen-bond acceptors (Lipinski definition) is 4. The fraction of sp³-hybridized carbons (Fsp3) is 0.0909. The van der Waals surface area contributed by atoms with Gasteiger partial charge in [0, 0.05) is 6.20 Å². The molecule has 0 spiro atoms. The average molecular weight is 289 g/mol. The minimum atomic E-state index is -4.44. The number of hydrogen-bond donors (Lipinski definition) is 2. The zero-order chi connectivity index (χ0) is 14.0. The van der Waals surface area contributed by atoms with Crippen molar-refractivity contribution in [2.24, 2.45) is 0 Å². The van der Waals surface area contributed by atoms with Crippen LogP contribution in [0.4, 0.5) is 30.6 Å². The van der Waals surface area contributed by atoms with Crippen LogP contribution in [-0.2, 0) is 6.18 Å². The highest BCUT2D eigenvalue weighted by atomic mass is 35.5. The van der Waals surface area contributed by atoms with Crippen LogP contribution in [0.1, 0.15) is 5.56 Å². The zero-order valence-electron chi connectivity index (χ0n) is 9.37. The Morgan fingerprint density at radius 2 is 1.95 bits per heavy atom. The summed E-state index contributed by atoms with van der Waals surface area (Å²) in [5, 5.41) is 2.81. The lowest BCUT2D eigenvalue weighted by molar-refractivity contribution is -0.137. The van der Waals surface area contributed by atoms with Crippen LogP contribution in [0.15, 0.2) is 30.5 Å². The Balaban J connectivity index is 2.34. The molecule has 4 nitrogen and oxygen atoms in total. The van der Waals surface area contributed by atoms with Crippen LogP contribution in [0.5, 0.6) is 0 Å². The van der Waals surface area contributed by atoms with Crippen molar-refractivity contribution < 1.29 is 13.2 Å². The number of benzene rings is 1. The topological polar surface area (TPSA) is 63.8 Å². The first-order valence-corrected chi connectivity index (χ1v) is 5.46. The molecule has 0 aliphatic heterocycles. The molecule has 0 radical (unpaired) electrons. The van der Waals surface area contributed by atoms with Crippen LogP contribution in [0.2, 0.25) is 5.02 Å². The lowest BCUT2D eigenvalue weighted by atomic mass is 10.2. The minimum Gasteiger partial charge on any atom is -0.368 e. The van der Waals surface area contributed by atoms with Gasteiger partial charge in [0.2, 0.25) is 5.95 Å². The molecule has 1 heterocycles. The van der Waals surface area contributed by atoms with Gasteiger partial charge in [-0.2, -0.15) is 18.2 Å². The number of nitrogens with two attached hydrogens (primary N) is 1. The zero-order valence-corrected chi connectivity index (χ0v) is 10.1. The number of alkyl halides is 3. The number of halogens is 4. The van der Waals surface area contributed by atoms with Crippen molar-refractivity contribution in [3.8, 4) is 0 Å². The summed E-state index contributed by atoms with van der Waals surface area (Å²) in [6.45, 7) is 0. The molecule has 0 bridgehead atoms. The molecule has 1 aromatic heterocycles. The van der Waals surface area contributed by atoms with Gasteiger partial charge in [-0.3, -0.25) is 0 Å². The highest BCUT2D eigenvalue weighted by Gasteiger charge is 2.30. The largest absolute Gasteiger partial charge is 0.416 e. The van der Waals surface area contributed by atoms with E-state index in [0.29, 0.717) is 0 Å². The van der Waals surface area contributed by atoms with Crippen molar-refractivity contribution in [3.63, 3.8) is 0 Å². The maximum atomic E-state index is 12.6. The molecule has 0 aliphatic rings. The van der Waals surface area contributed by atoms with Crippen molar-refractivity contribution >= 4 is 29.1 Å². The second-order valence-corrected chi connectivity index (χ2v) is 4.02. The van der Waals surface area contributed by atoms with Crippen molar-refractivity contribution in [2.45, 2.75) is 6.18 Å². The van der Waals surface area contributed by atoms with Crippen LogP contribution in [0.25, 0.3) is 0 Å². The predicted molar refractivity (Wildman–Crippen MR) is 66.2 cm³/mol. The molecule has 0 aliphatic carbocycles. The number of anilines is 3. The lowest BCUT2D eigenvalue weighted by Gasteiger charge is -2.11. The van der Waals surface area contributed by atoms with Gasteiger partial charge in [0.25, 0.3) is 0 Å². The Bertz CT molecular complexity index is 601. The van der Waals surface area contributed by atoms with Gasteiger partial charge in [0.1, 0.15) is 5.82 Å². The smallest absolute Gasteiger partial charge is 0.368 e. The Hall–Kier alpha value is -2.02. The van der Waals surface area contributed by atoms with Gasteiger partial charge in [-0.25, -0.2) is 4.98 Å². The van der Waals surface area contributed by atoms with Crippen molar-refractivity contribution in [1.29, 1.82) is 0 Å². The Labute approximate surface area is 111 Å². The third-order valence-electron chi connectivity index (χ3n) is 2.23. The van der Waals surface area contributed by atoms with Crippen molar-refractivity contribution in [1.82, 2.24) is 9.97 Å². The lowest BCUT2D eigenvalue weighted by Crippen LogP contribution is -2.06. The van der Waals surface area contributed by atoms with E-state index in [-0.39, 0.29) is 22.5 Å². The van der Waals surface area contributed by atoms with E-state index in [1.54, 1.807) is 0 Å². The Morgan fingerprint density at radius 1 is 1.21 bits per heavy atom. The van der Waals surface area contributed by atoms with E-state index in [1.807, 2.05) is 0 Å². The summed E-state index contributed by atoms with van der Waals surface area (Å²) in [5.74, 6) is 0.266. The molecule has 0 atom stereocenters. The molecule has 2 rings (SSSR count). The normalized spacial score (nSPS) is 11.4. The van der Waals surface area contributed by atoms with E-state index in [4.69, 9.17) is 17.3 Å². The number of nitrogens with zero attached hydrogens (tertiary/aromatic N) is 2. The van der Waals surface area contributed by atoms with Gasteiger partial charge >= 0.3 is 6.18 Å². The minimum absolute atomic E-state index is 0.00750. The molecule has 0 amide bonds. The SMILES string of the molecule is Nc1nccc(Nc2cc(C(F)(F)F)ccc2Cl)n1. The van der Waals surface area contributed by atoms with E-state index < -0.39 is 11.7 Å². The first-order chi connectivity index (χ1) is 8.86. The highest BCUT2D eigenvalue weighted by molar-refractivity contribution is 6.33. The van der Waals surface area contributed by atoms with E-state index in [2.05, 4.69) is 15.3 Å². The van der Waals surface area contributed by atoms with Gasteiger partial charge in [-0.15, -0.1) is 0 Å². The second kappa shape index (κ2) is 4.93. The van der Waals surface area contributed by atoms with Gasteiger partial charge in [-0.1, -0.05) is 11.6 Å².